The molecule has 0 heterocycles. The van der Waals surface area contributed by atoms with Crippen LogP contribution in [-0.2, 0) is 4.79 Å². The molecule has 0 bridgehead atoms. The molecule has 2 rings (SSSR count). The second-order valence-electron chi connectivity index (χ2n) is 4.64. The normalized spacial score (nSPS) is 10.7. The average Bonchev–Trinajstić information content (AvgIpc) is 2.58. The fourth-order valence-corrected chi connectivity index (χ4v) is 1.89. The first-order chi connectivity index (χ1) is 11.1. The number of ether oxygens (including phenoxy) is 1. The maximum absolute atomic E-state index is 11.8. The number of carbonyl (C=O) groups is 1. The van der Waals surface area contributed by atoms with Gasteiger partial charge in [0, 0.05) is 5.02 Å². The topological polar surface area (TPSA) is 74.5 Å². The Morgan fingerprint density at radius 3 is 2.65 bits per heavy atom. The highest BCUT2D eigenvalue weighted by atomic mass is 35.5. The van der Waals surface area contributed by atoms with Gasteiger partial charge < -0.3 is 4.74 Å². The highest BCUT2D eigenvalue weighted by Gasteiger charge is 2.06. The Hall–Kier alpha value is -2.84. The lowest BCUT2D eigenvalue weighted by Crippen LogP contribution is -2.25. The summed E-state index contributed by atoms with van der Waals surface area (Å²) in [5.74, 6) is -0.0467. The third-order valence-electron chi connectivity index (χ3n) is 2.98. The van der Waals surface area contributed by atoms with Gasteiger partial charge in [-0.3, -0.25) is 4.79 Å². The molecule has 2 aromatic rings. The van der Waals surface area contributed by atoms with Crippen molar-refractivity contribution in [2.75, 3.05) is 6.61 Å². The number of halogens is 1. The first-order valence-corrected chi connectivity index (χ1v) is 7.19. The smallest absolute Gasteiger partial charge is 0.277 e. The molecule has 0 atom stereocenters. The van der Waals surface area contributed by atoms with Crippen LogP contribution in [0.15, 0.2) is 53.6 Å². The molecular formula is C17H14ClN3O2. The van der Waals surface area contributed by atoms with Crippen molar-refractivity contribution in [3.8, 4) is 11.8 Å². The highest BCUT2D eigenvalue weighted by molar-refractivity contribution is 6.30. The van der Waals surface area contributed by atoms with Gasteiger partial charge in [0.15, 0.2) is 6.61 Å². The van der Waals surface area contributed by atoms with Crippen LogP contribution in [0.3, 0.4) is 0 Å². The molecule has 0 saturated heterocycles. The van der Waals surface area contributed by atoms with E-state index < -0.39 is 5.91 Å². The van der Waals surface area contributed by atoms with Gasteiger partial charge in [-0.2, -0.15) is 10.4 Å². The van der Waals surface area contributed by atoms with Gasteiger partial charge >= 0.3 is 0 Å². The molecule has 1 amide bonds. The summed E-state index contributed by atoms with van der Waals surface area (Å²) in [4.78, 5) is 11.8. The second-order valence-corrected chi connectivity index (χ2v) is 5.07. The van der Waals surface area contributed by atoms with Crippen LogP contribution in [0.5, 0.6) is 5.75 Å². The number of amides is 1. The lowest BCUT2D eigenvalue weighted by atomic mass is 10.1. The first kappa shape index (κ1) is 16.5. The number of nitriles is 1. The molecule has 1 N–H and O–H groups in total. The molecule has 6 heteroatoms. The summed E-state index contributed by atoms with van der Waals surface area (Å²) in [5.41, 5.74) is 4.29. The maximum Gasteiger partial charge on any atom is 0.277 e. The van der Waals surface area contributed by atoms with Crippen LogP contribution >= 0.6 is 11.6 Å². The molecule has 0 aromatic heterocycles. The van der Waals surface area contributed by atoms with Crippen molar-refractivity contribution in [2.45, 2.75) is 6.92 Å². The Bertz CT molecular complexity index is 764. The predicted molar refractivity (Wildman–Crippen MR) is 88.5 cm³/mol. The van der Waals surface area contributed by atoms with E-state index >= 15 is 0 Å². The number of carbonyl (C=O) groups excluding carboxylic acids is 1. The van der Waals surface area contributed by atoms with Gasteiger partial charge in [-0.05, 0) is 36.8 Å². The van der Waals surface area contributed by atoms with Crippen LogP contribution < -0.4 is 10.2 Å². The highest BCUT2D eigenvalue weighted by Crippen LogP contribution is 2.16. The fourth-order valence-electron chi connectivity index (χ4n) is 1.76. The lowest BCUT2D eigenvalue weighted by molar-refractivity contribution is -0.123. The number of nitrogens with one attached hydrogen (secondary N) is 1. The molecule has 0 saturated carbocycles. The predicted octanol–water partition coefficient (Wildman–Crippen LogP) is 3.13. The number of hydrazone groups is 1. The van der Waals surface area contributed by atoms with E-state index in [-0.39, 0.29) is 6.61 Å². The van der Waals surface area contributed by atoms with Crippen molar-refractivity contribution in [1.29, 1.82) is 5.26 Å². The van der Waals surface area contributed by atoms with Gasteiger partial charge in [-0.25, -0.2) is 5.43 Å². The van der Waals surface area contributed by atoms with E-state index in [2.05, 4.69) is 10.5 Å². The molecule has 0 unspecified atom stereocenters. The number of benzene rings is 2. The Labute approximate surface area is 139 Å². The summed E-state index contributed by atoms with van der Waals surface area (Å²) in [6.45, 7) is 1.55. The van der Waals surface area contributed by atoms with Gasteiger partial charge in [0.1, 0.15) is 11.8 Å². The van der Waals surface area contributed by atoms with Crippen molar-refractivity contribution >= 4 is 23.2 Å². The lowest BCUT2D eigenvalue weighted by Gasteiger charge is -2.07. The minimum Gasteiger partial charge on any atom is -0.482 e. The minimum absolute atomic E-state index is 0.226. The Kier molecular flexibility index (Phi) is 5.73. The van der Waals surface area contributed by atoms with Gasteiger partial charge in [-0.15, -0.1) is 0 Å². The molecule has 116 valence electrons. The average molecular weight is 328 g/mol. The van der Waals surface area contributed by atoms with Gasteiger partial charge in [-0.1, -0.05) is 35.9 Å². The second kappa shape index (κ2) is 7.97. The van der Waals surface area contributed by atoms with E-state index in [1.54, 1.807) is 43.3 Å². The van der Waals surface area contributed by atoms with Crippen molar-refractivity contribution in [3.63, 3.8) is 0 Å². The van der Waals surface area contributed by atoms with Crippen molar-refractivity contribution in [1.82, 2.24) is 5.43 Å². The van der Waals surface area contributed by atoms with Crippen LogP contribution in [0.2, 0.25) is 5.02 Å². The van der Waals surface area contributed by atoms with Crippen LogP contribution in [0.4, 0.5) is 0 Å². The standard InChI is InChI=1S/C17H14ClN3O2/c1-12(13-6-8-15(18)9-7-13)20-21-17(22)11-23-16-5-3-2-4-14(16)10-19/h2-9H,11H2,1H3,(H,21,22)/b20-12+. The molecule has 0 spiro atoms. The van der Waals surface area contributed by atoms with Crippen molar-refractivity contribution in [3.05, 3.63) is 64.7 Å². The van der Waals surface area contributed by atoms with E-state index in [0.29, 0.717) is 22.0 Å². The molecular weight excluding hydrogens is 314 g/mol. The van der Waals surface area contributed by atoms with Gasteiger partial charge in [0.25, 0.3) is 5.91 Å². The molecule has 5 nitrogen and oxygen atoms in total. The molecule has 0 aliphatic rings. The SMILES string of the molecule is C/C(=N\NC(=O)COc1ccccc1C#N)c1ccc(Cl)cc1. The summed E-state index contributed by atoms with van der Waals surface area (Å²) < 4.78 is 5.32. The maximum atomic E-state index is 11.8. The molecule has 0 aliphatic heterocycles. The Morgan fingerprint density at radius 1 is 1.26 bits per heavy atom. The number of hydrogen-bond acceptors (Lipinski definition) is 4. The van der Waals surface area contributed by atoms with E-state index in [0.717, 1.165) is 5.56 Å². The van der Waals surface area contributed by atoms with Crippen molar-refractivity contribution in [2.24, 2.45) is 5.10 Å². The van der Waals surface area contributed by atoms with E-state index in [1.165, 1.54) is 0 Å². The molecule has 0 fully saturated rings. The van der Waals surface area contributed by atoms with Crippen LogP contribution in [0.1, 0.15) is 18.1 Å². The molecule has 0 aliphatic carbocycles. The zero-order chi connectivity index (χ0) is 16.7. The van der Waals surface area contributed by atoms with Gasteiger partial charge in [0.2, 0.25) is 0 Å². The monoisotopic (exact) mass is 327 g/mol. The van der Waals surface area contributed by atoms with Gasteiger partial charge in [0.05, 0.1) is 11.3 Å². The first-order valence-electron chi connectivity index (χ1n) is 6.81. The fraction of sp³-hybridized carbons (Fsp3) is 0.118. The number of hydrogen-bond donors (Lipinski definition) is 1. The number of nitrogens with zero attached hydrogens (tertiary/aromatic N) is 2. The summed E-state index contributed by atoms with van der Waals surface area (Å²) in [6.07, 6.45) is 0. The van der Waals surface area contributed by atoms with E-state index in [9.17, 15) is 4.79 Å². The third-order valence-corrected chi connectivity index (χ3v) is 3.23. The molecule has 23 heavy (non-hydrogen) atoms. The molecule has 2 aromatic carbocycles. The summed E-state index contributed by atoms with van der Waals surface area (Å²) in [5, 5.41) is 13.6. The zero-order valence-electron chi connectivity index (χ0n) is 12.4. The van der Waals surface area contributed by atoms with Crippen LogP contribution in [0.25, 0.3) is 0 Å². The number of para-hydroxylation sites is 1. The minimum atomic E-state index is -0.411. The largest absolute Gasteiger partial charge is 0.482 e. The van der Waals surface area contributed by atoms with Crippen molar-refractivity contribution < 1.29 is 9.53 Å². The van der Waals surface area contributed by atoms with E-state index in [1.807, 2.05) is 18.2 Å². The summed E-state index contributed by atoms with van der Waals surface area (Å²) in [6, 6.07) is 15.8. The summed E-state index contributed by atoms with van der Waals surface area (Å²) >= 11 is 5.82. The Balaban J connectivity index is 1.91. The zero-order valence-corrected chi connectivity index (χ0v) is 13.2. The van der Waals surface area contributed by atoms with Crippen LogP contribution in [0, 0.1) is 11.3 Å². The third kappa shape index (κ3) is 4.83. The van der Waals surface area contributed by atoms with E-state index in [4.69, 9.17) is 21.6 Å². The quantitative estimate of drug-likeness (QED) is 0.677. The van der Waals surface area contributed by atoms with Crippen LogP contribution in [-0.4, -0.2) is 18.2 Å². The Morgan fingerprint density at radius 2 is 1.96 bits per heavy atom. The number of rotatable bonds is 5. The summed E-state index contributed by atoms with van der Waals surface area (Å²) in [7, 11) is 0. The molecule has 0 radical (unpaired) electrons.